The normalized spacial score (nSPS) is 15.3. The average molecular weight is 904 g/mol. The lowest BCUT2D eigenvalue weighted by Gasteiger charge is -2.28. The van der Waals surface area contributed by atoms with E-state index < -0.39 is 5.97 Å². The zero-order chi connectivity index (χ0) is 41.8. The number of para-hydroxylation sites is 2. The van der Waals surface area contributed by atoms with E-state index >= 15 is 0 Å². The number of ether oxygens (including phenoxy) is 1. The molecule has 0 spiro atoms. The van der Waals surface area contributed by atoms with E-state index in [0.29, 0.717) is 36.6 Å². The average Bonchev–Trinajstić information content (AvgIpc) is 3.94. The van der Waals surface area contributed by atoms with E-state index in [1.165, 1.54) is 18.3 Å². The highest BCUT2D eigenvalue weighted by Crippen LogP contribution is 2.49. The number of rotatable bonds is 19. The molecule has 0 unspecified atom stereocenters. The van der Waals surface area contributed by atoms with Crippen LogP contribution < -0.4 is 24.9 Å². The molecule has 0 bridgehead atoms. The van der Waals surface area contributed by atoms with E-state index in [4.69, 9.17) is 16.3 Å². The molecule has 312 valence electrons. The molecule has 60 heavy (non-hydrogen) atoms. The van der Waals surface area contributed by atoms with Crippen LogP contribution in [-0.2, 0) is 30.0 Å². The third-order valence-electron chi connectivity index (χ3n) is 9.91. The van der Waals surface area contributed by atoms with Crippen molar-refractivity contribution >= 4 is 98.1 Å². The first-order valence-corrected chi connectivity index (χ1v) is 22.9. The van der Waals surface area contributed by atoms with E-state index in [2.05, 4.69) is 112 Å². The van der Waals surface area contributed by atoms with Crippen LogP contribution >= 0.6 is 58.8 Å². The van der Waals surface area contributed by atoms with Crippen LogP contribution in [0.15, 0.2) is 136 Å². The monoisotopic (exact) mass is 902 g/mol. The van der Waals surface area contributed by atoms with E-state index in [1.807, 2.05) is 37.3 Å². The summed E-state index contributed by atoms with van der Waals surface area (Å²) in [7, 11) is 1.38. The lowest BCUT2D eigenvalue weighted by Crippen LogP contribution is -2.35. The number of aromatic nitrogens is 1. The van der Waals surface area contributed by atoms with Gasteiger partial charge in [0.1, 0.15) is 4.70 Å². The number of halogens is 1. The second-order valence-corrected chi connectivity index (χ2v) is 17.7. The number of aryl methyl sites for hydroxylation is 2. The van der Waals surface area contributed by atoms with Gasteiger partial charge in [-0.1, -0.05) is 77.2 Å². The van der Waals surface area contributed by atoms with Crippen LogP contribution in [0.5, 0.6) is 0 Å². The molecule has 0 saturated carbocycles. The predicted molar refractivity (Wildman–Crippen MR) is 238 cm³/mol. The van der Waals surface area contributed by atoms with Gasteiger partial charge in [-0.3, -0.25) is 10.1 Å². The molecule has 2 heterocycles. The molecule has 11 nitrogen and oxygen atoms in total. The third-order valence-corrected chi connectivity index (χ3v) is 13.8. The zero-order valence-electron chi connectivity index (χ0n) is 32.7. The number of thiazole rings is 1. The van der Waals surface area contributed by atoms with Gasteiger partial charge in [0.15, 0.2) is 6.54 Å². The minimum absolute atomic E-state index is 0.401. The number of anilines is 3. The summed E-state index contributed by atoms with van der Waals surface area (Å²) in [6.07, 6.45) is 11.9. The molecule has 0 atom stereocenters. The maximum Gasteiger partial charge on any atom is 0.338 e. The Hall–Kier alpha value is -4.10. The van der Waals surface area contributed by atoms with Gasteiger partial charge in [0, 0.05) is 82.0 Å². The summed E-state index contributed by atoms with van der Waals surface area (Å²) in [6, 6.07) is 30.6. The highest BCUT2D eigenvalue weighted by Gasteiger charge is 2.29. The number of allylic oxidation sites excluding steroid dienone is 5. The molecular weight excluding hydrogens is 862 g/mol. The molecule has 1 aliphatic heterocycles. The van der Waals surface area contributed by atoms with Crippen molar-refractivity contribution in [2.24, 2.45) is 0 Å². The Morgan fingerprint density at radius 3 is 2.28 bits per heavy atom. The summed E-state index contributed by atoms with van der Waals surface area (Å²) < 4.78 is 17.3. The quantitative estimate of drug-likeness (QED) is 0.0196. The summed E-state index contributed by atoms with van der Waals surface area (Å²) in [5.41, 5.74) is 9.01. The van der Waals surface area contributed by atoms with Gasteiger partial charge in [-0.2, -0.15) is 13.2 Å². The Bertz CT molecular complexity index is 2370. The lowest BCUT2D eigenvalue weighted by atomic mass is 10.1. The molecule has 0 fully saturated rings. The fourth-order valence-corrected chi connectivity index (χ4v) is 10.3. The first kappa shape index (κ1) is 44.0. The molecule has 0 N–H and O–H groups in total. The molecule has 0 radical (unpaired) electrons. The van der Waals surface area contributed by atoms with E-state index in [-0.39, 0.29) is 0 Å². The maximum atomic E-state index is 12.5. The largest absolute Gasteiger partial charge is 0.691 e. The Balaban J connectivity index is 1.32. The summed E-state index contributed by atoms with van der Waals surface area (Å²) in [5.74, 6) is 0.717. The highest BCUT2D eigenvalue weighted by atomic mass is 35.5. The van der Waals surface area contributed by atoms with Crippen molar-refractivity contribution in [2.45, 2.75) is 44.0 Å². The van der Waals surface area contributed by atoms with Gasteiger partial charge in [0.05, 0.1) is 29.1 Å². The lowest BCUT2D eigenvalue weighted by molar-refractivity contribution is -0.777. The Labute approximate surface area is 370 Å². The summed E-state index contributed by atoms with van der Waals surface area (Å²) in [5, 5.41) is 30.6. The van der Waals surface area contributed by atoms with E-state index in [0.717, 1.165) is 102 Å². The number of nitrogens with zero attached hydrogens (tertiary/aromatic N) is 3. The highest BCUT2D eigenvalue weighted by molar-refractivity contribution is 8.03. The van der Waals surface area contributed by atoms with Crippen LogP contribution in [0.25, 0.3) is 16.3 Å². The summed E-state index contributed by atoms with van der Waals surface area (Å²) in [4.78, 5) is 18.3. The molecule has 2 aliphatic rings. The van der Waals surface area contributed by atoms with Crippen molar-refractivity contribution in [1.29, 1.82) is 0 Å². The number of esters is 1. The topological polar surface area (TPSA) is 120 Å². The Kier molecular flexibility index (Phi) is 15.8. The Morgan fingerprint density at radius 1 is 0.900 bits per heavy atom. The SMILES string of the molecule is COC(=O)c1ccc2sc(/C=C/C3=C(N(c4ccccc4)c4ccccc4)C(=C/C=C4\Sc5cc(Cl)c(C)cc5N4CCCSOO[O-])/CC3)[n+](CCCSOO[O-])c2c1. The first-order valence-electron chi connectivity index (χ1n) is 19.1. The Morgan fingerprint density at radius 2 is 1.60 bits per heavy atom. The fourth-order valence-electron chi connectivity index (χ4n) is 7.18. The molecule has 0 amide bonds. The van der Waals surface area contributed by atoms with Crippen molar-refractivity contribution in [2.75, 3.05) is 35.0 Å². The molecule has 7 rings (SSSR count). The number of benzene rings is 4. The molecule has 4 aromatic carbocycles. The standard InChI is InChI=1S/C44H42ClN3O8S4/c1-30-27-37-40(29-36(30)45)60-42(46(37)23-9-25-57-55-53-50)22-19-32-16-15-31(43(32)48(34-11-5-3-6-12-34)35-13-7-4-8-14-35)18-21-41-47(24-10-26-58-56-54-51)38-28-33(44(49)52-2)17-20-39(38)59-41/h3-8,11-14,17-22,27-29H,9-10,15-16,23-26H2,1-2H3,(H-,50,51)/p-1. The molecular formula is C44H41ClN3O8S4-. The number of methoxy groups -OCH3 is 1. The van der Waals surface area contributed by atoms with Gasteiger partial charge in [0.2, 0.25) is 5.52 Å². The number of carbonyl (C=O) groups excluding carboxylic acids is 1. The van der Waals surface area contributed by atoms with Crippen molar-refractivity contribution in [3.05, 3.63) is 152 Å². The van der Waals surface area contributed by atoms with Gasteiger partial charge in [-0.15, -0.1) is 0 Å². The van der Waals surface area contributed by atoms with Crippen molar-refractivity contribution in [3.63, 3.8) is 0 Å². The van der Waals surface area contributed by atoms with Crippen LogP contribution in [0.3, 0.4) is 0 Å². The number of thioether (sulfide) groups is 1. The van der Waals surface area contributed by atoms with E-state index in [1.54, 1.807) is 29.2 Å². The molecule has 1 aliphatic carbocycles. The smallest absolute Gasteiger partial charge is 0.338 e. The van der Waals surface area contributed by atoms with E-state index in [9.17, 15) is 15.3 Å². The number of carbonyl (C=O) groups is 1. The fraction of sp³-hybridized carbons (Fsp3) is 0.227. The molecule has 16 heteroatoms. The van der Waals surface area contributed by atoms with Crippen molar-refractivity contribution < 1.29 is 43.4 Å². The molecule has 5 aromatic rings. The first-order chi connectivity index (χ1) is 29.4. The van der Waals surface area contributed by atoms with Gasteiger partial charge >= 0.3 is 5.97 Å². The number of hydrogen-bond donors (Lipinski definition) is 0. The number of hydrogen-bond acceptors (Lipinski definition) is 14. The van der Waals surface area contributed by atoms with Crippen LogP contribution in [0.2, 0.25) is 5.02 Å². The molecule has 1 aromatic heterocycles. The van der Waals surface area contributed by atoms with Gasteiger partial charge in [-0.05, 0) is 104 Å². The maximum absolute atomic E-state index is 12.5. The van der Waals surface area contributed by atoms with Gasteiger partial charge < -0.3 is 25.1 Å². The predicted octanol–water partition coefficient (Wildman–Crippen LogP) is 9.74. The van der Waals surface area contributed by atoms with Crippen LogP contribution in [0, 0.1) is 6.92 Å². The zero-order valence-corrected chi connectivity index (χ0v) is 36.8. The third kappa shape index (κ3) is 10.5. The van der Waals surface area contributed by atoms with Crippen LogP contribution in [-0.4, -0.2) is 31.1 Å². The van der Waals surface area contributed by atoms with Gasteiger partial charge in [0.25, 0.3) is 5.01 Å². The number of fused-ring (bicyclic) bond motifs is 2. The van der Waals surface area contributed by atoms with Crippen LogP contribution in [0.4, 0.5) is 17.1 Å². The minimum Gasteiger partial charge on any atom is -0.691 e. The van der Waals surface area contributed by atoms with Crippen LogP contribution in [0.1, 0.15) is 46.6 Å². The van der Waals surface area contributed by atoms with Crippen molar-refractivity contribution in [3.8, 4) is 0 Å². The summed E-state index contributed by atoms with van der Waals surface area (Å²) >= 11 is 11.9. The summed E-state index contributed by atoms with van der Waals surface area (Å²) in [6.45, 7) is 3.33. The van der Waals surface area contributed by atoms with Gasteiger partial charge in [-0.25, -0.2) is 4.79 Å². The van der Waals surface area contributed by atoms with Crippen molar-refractivity contribution in [1.82, 2.24) is 0 Å². The molecule has 0 saturated heterocycles. The minimum atomic E-state index is -0.401. The second-order valence-electron chi connectivity index (χ2n) is 13.6. The second kappa shape index (κ2) is 21.6.